The molecule has 0 aromatic heterocycles. The van der Waals surface area contributed by atoms with Crippen molar-refractivity contribution in [2.45, 2.75) is 58.4 Å². The zero-order valence-electron chi connectivity index (χ0n) is 20.8. The van der Waals surface area contributed by atoms with Crippen LogP contribution in [0.4, 0.5) is 5.69 Å². The molecular weight excluding hydrogens is 432 g/mol. The van der Waals surface area contributed by atoms with Crippen LogP contribution in [0.15, 0.2) is 66.7 Å². The molecule has 2 N–H and O–H groups in total. The average Bonchev–Trinajstić information content (AvgIpc) is 3.23. The molecule has 4 nitrogen and oxygen atoms in total. The second-order valence-corrected chi connectivity index (χ2v) is 11.8. The molecule has 3 aliphatic carbocycles. The summed E-state index contributed by atoms with van der Waals surface area (Å²) in [5, 5.41) is 6.59. The number of nitrogens with one attached hydrogen (secondary N) is 2. The Morgan fingerprint density at radius 3 is 2.51 bits per heavy atom. The molecule has 4 aliphatic rings. The molecule has 1 heterocycles. The molecule has 3 saturated carbocycles. The molecule has 0 bridgehead atoms. The van der Waals surface area contributed by atoms with Crippen molar-refractivity contribution in [2.75, 3.05) is 5.32 Å². The highest BCUT2D eigenvalue weighted by Crippen LogP contribution is 2.65. The Balaban J connectivity index is 1.24. The molecule has 0 saturated heterocycles. The molecule has 35 heavy (non-hydrogen) atoms. The topological polar surface area (TPSA) is 58.2 Å². The van der Waals surface area contributed by atoms with Gasteiger partial charge >= 0.3 is 0 Å². The third-order valence-electron chi connectivity index (χ3n) is 10.3. The van der Waals surface area contributed by atoms with Crippen molar-refractivity contribution in [3.8, 4) is 11.1 Å². The third kappa shape index (κ3) is 3.56. The maximum absolute atomic E-state index is 13.8. The van der Waals surface area contributed by atoms with E-state index < -0.39 is 0 Å². The number of rotatable bonds is 3. The monoisotopic (exact) mass is 468 g/mol. The first kappa shape index (κ1) is 22.6. The van der Waals surface area contributed by atoms with Crippen molar-refractivity contribution in [2.24, 2.45) is 34.5 Å². The Morgan fingerprint density at radius 1 is 0.914 bits per heavy atom. The van der Waals surface area contributed by atoms with Crippen molar-refractivity contribution >= 4 is 17.5 Å². The van der Waals surface area contributed by atoms with Gasteiger partial charge in [0, 0.05) is 28.6 Å². The Kier molecular flexibility index (Phi) is 5.39. The van der Waals surface area contributed by atoms with Gasteiger partial charge in [-0.3, -0.25) is 9.59 Å². The van der Waals surface area contributed by atoms with Gasteiger partial charge in [-0.1, -0.05) is 68.5 Å². The SMILES string of the molecule is C[C@]12C=CC(=O)NC1CCC1C2CC[C@]2(C)C(C(=O)Nc3ccccc3-c3ccccc3)CCC12. The number of anilines is 1. The average molecular weight is 469 g/mol. The summed E-state index contributed by atoms with van der Waals surface area (Å²) < 4.78 is 0. The Bertz CT molecular complexity index is 1170. The molecule has 0 spiro atoms. The predicted octanol–water partition coefficient (Wildman–Crippen LogP) is 6.21. The van der Waals surface area contributed by atoms with Crippen LogP contribution in [-0.4, -0.2) is 17.9 Å². The molecule has 0 radical (unpaired) electrons. The lowest BCUT2D eigenvalue weighted by Gasteiger charge is -2.58. The number of benzene rings is 2. The minimum absolute atomic E-state index is 0.0348. The fourth-order valence-electron chi connectivity index (χ4n) is 8.45. The lowest BCUT2D eigenvalue weighted by Crippen LogP contribution is -2.59. The second kappa shape index (κ2) is 8.36. The van der Waals surface area contributed by atoms with E-state index in [2.05, 4.69) is 48.8 Å². The lowest BCUT2D eigenvalue weighted by molar-refractivity contribution is -0.129. The van der Waals surface area contributed by atoms with Gasteiger partial charge in [0.2, 0.25) is 11.8 Å². The first-order chi connectivity index (χ1) is 16.9. The summed E-state index contributed by atoms with van der Waals surface area (Å²) in [5.74, 6) is 2.07. The largest absolute Gasteiger partial charge is 0.349 e. The summed E-state index contributed by atoms with van der Waals surface area (Å²) in [7, 11) is 0. The number of amides is 2. The number of hydrogen-bond acceptors (Lipinski definition) is 2. The minimum Gasteiger partial charge on any atom is -0.349 e. The molecule has 7 atom stereocenters. The lowest BCUT2D eigenvalue weighted by atomic mass is 9.48. The van der Waals surface area contributed by atoms with Crippen LogP contribution in [0.25, 0.3) is 11.1 Å². The molecule has 4 heteroatoms. The third-order valence-corrected chi connectivity index (χ3v) is 10.3. The number of para-hydroxylation sites is 1. The number of carbonyl (C=O) groups excluding carboxylic acids is 2. The van der Waals surface area contributed by atoms with Gasteiger partial charge in [-0.15, -0.1) is 0 Å². The van der Waals surface area contributed by atoms with E-state index in [1.165, 1.54) is 0 Å². The molecule has 182 valence electrons. The van der Waals surface area contributed by atoms with Crippen LogP contribution >= 0.6 is 0 Å². The van der Waals surface area contributed by atoms with Crippen molar-refractivity contribution in [1.29, 1.82) is 0 Å². The highest BCUT2D eigenvalue weighted by Gasteiger charge is 2.60. The molecular formula is C31H36N2O2. The van der Waals surface area contributed by atoms with Crippen molar-refractivity contribution < 1.29 is 9.59 Å². The van der Waals surface area contributed by atoms with Gasteiger partial charge < -0.3 is 10.6 Å². The van der Waals surface area contributed by atoms with Crippen LogP contribution in [0.2, 0.25) is 0 Å². The first-order valence-electron chi connectivity index (χ1n) is 13.4. The smallest absolute Gasteiger partial charge is 0.243 e. The van der Waals surface area contributed by atoms with Gasteiger partial charge in [-0.25, -0.2) is 0 Å². The van der Waals surface area contributed by atoms with Crippen molar-refractivity contribution in [3.05, 3.63) is 66.7 Å². The number of hydrogen-bond donors (Lipinski definition) is 2. The van der Waals surface area contributed by atoms with Crippen LogP contribution in [0.3, 0.4) is 0 Å². The summed E-state index contributed by atoms with van der Waals surface area (Å²) in [6, 6.07) is 18.7. The van der Waals surface area contributed by atoms with Crippen molar-refractivity contribution in [3.63, 3.8) is 0 Å². The van der Waals surface area contributed by atoms with E-state index in [1.807, 2.05) is 36.4 Å². The van der Waals surface area contributed by atoms with E-state index >= 15 is 0 Å². The van der Waals surface area contributed by atoms with Crippen LogP contribution in [0.5, 0.6) is 0 Å². The summed E-state index contributed by atoms with van der Waals surface area (Å²) in [6.07, 6.45) is 10.5. The van der Waals surface area contributed by atoms with E-state index in [9.17, 15) is 9.59 Å². The molecule has 3 fully saturated rings. The normalized spacial score (nSPS) is 37.5. The van der Waals surface area contributed by atoms with Crippen LogP contribution in [0, 0.1) is 34.5 Å². The zero-order chi connectivity index (χ0) is 24.2. The van der Waals surface area contributed by atoms with Crippen molar-refractivity contribution in [1.82, 2.24) is 5.32 Å². The van der Waals surface area contributed by atoms with Gasteiger partial charge in [-0.2, -0.15) is 0 Å². The summed E-state index contributed by atoms with van der Waals surface area (Å²) in [6.45, 7) is 4.74. The second-order valence-electron chi connectivity index (χ2n) is 11.8. The highest BCUT2D eigenvalue weighted by atomic mass is 16.2. The van der Waals surface area contributed by atoms with Crippen LogP contribution in [-0.2, 0) is 9.59 Å². The fraction of sp³-hybridized carbons (Fsp3) is 0.484. The first-order valence-corrected chi connectivity index (χ1v) is 13.4. The van der Waals surface area contributed by atoms with Gasteiger partial charge in [-0.05, 0) is 79.4 Å². The standard InChI is InChI=1S/C31H36N2O2/c1-30-18-16-24-22(12-15-27-31(24,2)19-17-28(34)33-27)23(30)13-14-25(30)29(35)32-26-11-7-6-10-21(26)20-8-4-3-5-9-20/h3-11,17,19,22-25,27H,12-16,18H2,1-2H3,(H,32,35)(H,33,34)/t22?,23?,24?,25?,27?,30-,31+/m0/s1. The maximum Gasteiger partial charge on any atom is 0.243 e. The number of carbonyl (C=O) groups is 2. The predicted molar refractivity (Wildman–Crippen MR) is 139 cm³/mol. The highest BCUT2D eigenvalue weighted by molar-refractivity contribution is 5.97. The summed E-state index contributed by atoms with van der Waals surface area (Å²) in [5.41, 5.74) is 3.17. The van der Waals surface area contributed by atoms with E-state index in [0.717, 1.165) is 55.3 Å². The summed E-state index contributed by atoms with van der Waals surface area (Å²) in [4.78, 5) is 25.8. The van der Waals surface area contributed by atoms with E-state index in [1.54, 1.807) is 6.08 Å². The Morgan fingerprint density at radius 2 is 1.69 bits per heavy atom. The van der Waals surface area contributed by atoms with Crippen LogP contribution in [0.1, 0.15) is 52.4 Å². The number of fused-ring (bicyclic) bond motifs is 5. The molecule has 1 aliphatic heterocycles. The maximum atomic E-state index is 13.8. The Labute approximate surface area is 208 Å². The van der Waals surface area contributed by atoms with Gasteiger partial charge in [0.1, 0.15) is 0 Å². The molecule has 2 aromatic carbocycles. The quantitative estimate of drug-likeness (QED) is 0.563. The Hall–Kier alpha value is -2.88. The minimum atomic E-state index is 0.0348. The fourth-order valence-corrected chi connectivity index (χ4v) is 8.45. The van der Waals surface area contributed by atoms with E-state index in [4.69, 9.17) is 0 Å². The molecule has 2 aromatic rings. The molecule has 6 rings (SSSR count). The molecule has 5 unspecified atom stereocenters. The van der Waals surface area contributed by atoms with E-state index in [-0.39, 0.29) is 34.6 Å². The van der Waals surface area contributed by atoms with Gasteiger partial charge in [0.15, 0.2) is 0 Å². The summed E-state index contributed by atoms with van der Waals surface area (Å²) >= 11 is 0. The zero-order valence-corrected chi connectivity index (χ0v) is 20.8. The van der Waals surface area contributed by atoms with E-state index in [0.29, 0.717) is 17.8 Å². The van der Waals surface area contributed by atoms with Crippen LogP contribution < -0.4 is 10.6 Å². The molecule has 2 amide bonds. The van der Waals surface area contributed by atoms with Gasteiger partial charge in [0.25, 0.3) is 0 Å². The van der Waals surface area contributed by atoms with Gasteiger partial charge in [0.05, 0.1) is 0 Å².